The van der Waals surface area contributed by atoms with Gasteiger partial charge in [0.05, 0.1) is 19.8 Å². The fraction of sp³-hybridized carbons (Fsp3) is 0.643. The van der Waals surface area contributed by atoms with E-state index in [1.54, 1.807) is 18.4 Å². The smallest absolute Gasteiger partial charge is 0.244 e. The molecule has 2 heterocycles. The average Bonchev–Trinajstić information content (AvgIpc) is 2.93. The van der Waals surface area contributed by atoms with Crippen LogP contribution in [0.1, 0.15) is 23.9 Å². The molecule has 1 aromatic heterocycles. The fourth-order valence-corrected chi connectivity index (χ4v) is 3.37. The molecule has 1 atom stereocenters. The second-order valence-electron chi connectivity index (χ2n) is 5.25. The summed E-state index contributed by atoms with van der Waals surface area (Å²) >= 11 is 1.68. The summed E-state index contributed by atoms with van der Waals surface area (Å²) < 4.78 is 10.4. The van der Waals surface area contributed by atoms with E-state index in [1.807, 2.05) is 16.3 Å². The standard InChI is InChI=1S/C14H20N2O3S/c1-18-8-9-19-7-6-16-12(11-3-2-10-20-11)15-14(4-5-14)13(16)17/h2-3,10,12,15H,4-9H2,1H3. The SMILES string of the molecule is COCCOCCN1C(=O)C2(CC2)NC1c1cccs1. The Labute approximate surface area is 122 Å². The number of ether oxygens (including phenoxy) is 2. The normalized spacial score (nSPS) is 23.8. The van der Waals surface area contributed by atoms with Gasteiger partial charge in [0, 0.05) is 18.5 Å². The minimum Gasteiger partial charge on any atom is -0.382 e. The number of nitrogens with zero attached hydrogens (tertiary/aromatic N) is 1. The minimum absolute atomic E-state index is 0.0102. The molecular weight excluding hydrogens is 276 g/mol. The first kappa shape index (κ1) is 14.0. The largest absolute Gasteiger partial charge is 0.382 e. The van der Waals surface area contributed by atoms with Gasteiger partial charge < -0.3 is 14.4 Å². The molecule has 1 N–H and O–H groups in total. The van der Waals surface area contributed by atoms with E-state index in [2.05, 4.69) is 11.4 Å². The van der Waals surface area contributed by atoms with Crippen LogP contribution in [0.2, 0.25) is 0 Å². The third-order valence-electron chi connectivity index (χ3n) is 3.87. The Morgan fingerprint density at radius 2 is 2.30 bits per heavy atom. The van der Waals surface area contributed by atoms with Gasteiger partial charge in [0.15, 0.2) is 0 Å². The van der Waals surface area contributed by atoms with Crippen LogP contribution in [0.4, 0.5) is 0 Å². The lowest BCUT2D eigenvalue weighted by atomic mass is 10.3. The first-order valence-corrected chi connectivity index (χ1v) is 7.84. The van der Waals surface area contributed by atoms with Crippen molar-refractivity contribution in [2.45, 2.75) is 24.5 Å². The third kappa shape index (κ3) is 2.61. The molecule has 2 aliphatic rings. The first-order chi connectivity index (χ1) is 9.77. The number of nitrogens with one attached hydrogen (secondary N) is 1. The predicted molar refractivity (Wildman–Crippen MR) is 76.6 cm³/mol. The van der Waals surface area contributed by atoms with Gasteiger partial charge in [-0.15, -0.1) is 11.3 Å². The predicted octanol–water partition coefficient (Wildman–Crippen LogP) is 1.37. The second kappa shape index (κ2) is 5.81. The lowest BCUT2D eigenvalue weighted by Gasteiger charge is -2.23. The zero-order chi connectivity index (χ0) is 14.0. The summed E-state index contributed by atoms with van der Waals surface area (Å²) in [7, 11) is 1.65. The van der Waals surface area contributed by atoms with E-state index in [0.29, 0.717) is 26.4 Å². The fourth-order valence-electron chi connectivity index (χ4n) is 2.59. The third-order valence-corrected chi connectivity index (χ3v) is 4.79. The van der Waals surface area contributed by atoms with Crippen LogP contribution >= 0.6 is 11.3 Å². The summed E-state index contributed by atoms with van der Waals surface area (Å²) in [5.41, 5.74) is -0.277. The van der Waals surface area contributed by atoms with Crippen molar-refractivity contribution >= 4 is 17.2 Å². The molecule has 2 fully saturated rings. The van der Waals surface area contributed by atoms with Crippen molar-refractivity contribution in [2.75, 3.05) is 33.5 Å². The molecule has 110 valence electrons. The molecule has 1 saturated carbocycles. The maximum Gasteiger partial charge on any atom is 0.244 e. The quantitative estimate of drug-likeness (QED) is 0.772. The van der Waals surface area contributed by atoms with Crippen molar-refractivity contribution in [1.82, 2.24) is 10.2 Å². The van der Waals surface area contributed by atoms with Crippen LogP contribution in [0.25, 0.3) is 0 Å². The Balaban J connectivity index is 1.61. The molecule has 6 heteroatoms. The monoisotopic (exact) mass is 296 g/mol. The Hall–Kier alpha value is -0.950. The van der Waals surface area contributed by atoms with Crippen molar-refractivity contribution in [3.63, 3.8) is 0 Å². The van der Waals surface area contributed by atoms with E-state index in [1.165, 1.54) is 4.88 Å². The molecule has 1 amide bonds. The maximum absolute atomic E-state index is 12.5. The van der Waals surface area contributed by atoms with E-state index in [9.17, 15) is 4.79 Å². The Morgan fingerprint density at radius 1 is 1.45 bits per heavy atom. The van der Waals surface area contributed by atoms with Gasteiger partial charge in [0.1, 0.15) is 11.7 Å². The Morgan fingerprint density at radius 3 is 2.95 bits per heavy atom. The van der Waals surface area contributed by atoms with Crippen molar-refractivity contribution in [2.24, 2.45) is 0 Å². The van der Waals surface area contributed by atoms with Crippen molar-refractivity contribution in [1.29, 1.82) is 0 Å². The first-order valence-electron chi connectivity index (χ1n) is 6.96. The van der Waals surface area contributed by atoms with Crippen molar-refractivity contribution < 1.29 is 14.3 Å². The number of carbonyl (C=O) groups excluding carboxylic acids is 1. The molecule has 0 bridgehead atoms. The summed E-state index contributed by atoms with van der Waals surface area (Å²) in [6.07, 6.45) is 1.92. The Kier molecular flexibility index (Phi) is 4.07. The van der Waals surface area contributed by atoms with E-state index in [4.69, 9.17) is 9.47 Å². The zero-order valence-electron chi connectivity index (χ0n) is 11.6. The van der Waals surface area contributed by atoms with Crippen LogP contribution in [0.5, 0.6) is 0 Å². The van der Waals surface area contributed by atoms with Gasteiger partial charge in [-0.1, -0.05) is 6.07 Å². The van der Waals surface area contributed by atoms with Gasteiger partial charge in [0.25, 0.3) is 0 Å². The van der Waals surface area contributed by atoms with E-state index < -0.39 is 0 Å². The summed E-state index contributed by atoms with van der Waals surface area (Å²) in [5.74, 6) is 0.228. The molecule has 1 aliphatic carbocycles. The van der Waals surface area contributed by atoms with E-state index in [0.717, 1.165) is 12.8 Å². The number of carbonyl (C=O) groups is 1. The van der Waals surface area contributed by atoms with Gasteiger partial charge in [-0.05, 0) is 24.3 Å². The number of thiophene rings is 1. The second-order valence-corrected chi connectivity index (χ2v) is 6.23. The molecule has 1 unspecified atom stereocenters. The molecule has 1 aromatic rings. The van der Waals surface area contributed by atoms with Gasteiger partial charge in [-0.2, -0.15) is 0 Å². The summed E-state index contributed by atoms with van der Waals surface area (Å²) in [4.78, 5) is 15.6. The molecule has 20 heavy (non-hydrogen) atoms. The Bertz CT molecular complexity index is 459. The molecule has 0 aromatic carbocycles. The minimum atomic E-state index is -0.277. The van der Waals surface area contributed by atoms with Crippen molar-refractivity contribution in [3.05, 3.63) is 22.4 Å². The molecule has 1 saturated heterocycles. The van der Waals surface area contributed by atoms with Crippen LogP contribution in [0.3, 0.4) is 0 Å². The maximum atomic E-state index is 12.5. The molecule has 5 nitrogen and oxygen atoms in total. The highest BCUT2D eigenvalue weighted by Crippen LogP contribution is 2.46. The molecule has 1 aliphatic heterocycles. The average molecular weight is 296 g/mol. The summed E-state index contributed by atoms with van der Waals surface area (Å²) in [6, 6.07) is 4.10. The van der Waals surface area contributed by atoms with Crippen LogP contribution in [-0.2, 0) is 14.3 Å². The molecular formula is C14H20N2O3S. The highest BCUT2D eigenvalue weighted by atomic mass is 32.1. The van der Waals surface area contributed by atoms with Crippen molar-refractivity contribution in [3.8, 4) is 0 Å². The van der Waals surface area contributed by atoms with Gasteiger partial charge >= 0.3 is 0 Å². The zero-order valence-corrected chi connectivity index (χ0v) is 12.4. The highest BCUT2D eigenvalue weighted by molar-refractivity contribution is 7.10. The summed E-state index contributed by atoms with van der Waals surface area (Å²) in [6.45, 7) is 2.33. The summed E-state index contributed by atoms with van der Waals surface area (Å²) in [5, 5.41) is 5.55. The molecule has 3 rings (SSSR count). The lowest BCUT2D eigenvalue weighted by Crippen LogP contribution is -2.34. The lowest BCUT2D eigenvalue weighted by molar-refractivity contribution is -0.131. The van der Waals surface area contributed by atoms with Crippen LogP contribution < -0.4 is 5.32 Å². The van der Waals surface area contributed by atoms with Crippen LogP contribution in [0, 0.1) is 0 Å². The van der Waals surface area contributed by atoms with Crippen LogP contribution in [-0.4, -0.2) is 49.8 Å². The van der Waals surface area contributed by atoms with Crippen LogP contribution in [0.15, 0.2) is 17.5 Å². The van der Waals surface area contributed by atoms with Gasteiger partial charge in [0.2, 0.25) is 5.91 Å². The van der Waals surface area contributed by atoms with Gasteiger partial charge in [-0.3, -0.25) is 10.1 Å². The van der Waals surface area contributed by atoms with E-state index >= 15 is 0 Å². The topological polar surface area (TPSA) is 50.8 Å². The highest BCUT2D eigenvalue weighted by Gasteiger charge is 2.59. The number of methoxy groups -OCH3 is 1. The van der Waals surface area contributed by atoms with Gasteiger partial charge in [-0.25, -0.2) is 0 Å². The number of hydrogen-bond donors (Lipinski definition) is 1. The molecule has 1 spiro atoms. The van der Waals surface area contributed by atoms with E-state index in [-0.39, 0.29) is 17.6 Å². The number of hydrogen-bond acceptors (Lipinski definition) is 5. The molecule has 0 radical (unpaired) electrons. The number of rotatable bonds is 7. The number of amides is 1.